The van der Waals surface area contributed by atoms with E-state index in [0.717, 1.165) is 18.4 Å². The number of aryl methyl sites for hydroxylation is 1. The fourth-order valence-corrected chi connectivity index (χ4v) is 3.05. The number of carboxylic acid groups (broad SMARTS) is 1. The minimum absolute atomic E-state index is 0.0363. The van der Waals surface area contributed by atoms with Crippen molar-refractivity contribution in [1.82, 2.24) is 10.6 Å². The largest absolute Gasteiger partial charge is 0.508 e. The van der Waals surface area contributed by atoms with Crippen molar-refractivity contribution in [3.8, 4) is 5.75 Å². The molecule has 0 aliphatic heterocycles. The van der Waals surface area contributed by atoms with Crippen LogP contribution in [0.3, 0.4) is 0 Å². The standard InChI is InChI=1S/C18H26N2O4/c1-12(2-3-13-4-10-16(21)11-5-13)19-18(24)20-15-8-6-14(7-9-15)17(22)23/h4-5,10-12,14-15,21H,2-3,6-9H2,1H3,(H,22,23)(H2,19,20,24). The number of benzene rings is 1. The molecule has 1 aromatic rings. The Morgan fingerprint density at radius 2 is 1.79 bits per heavy atom. The Balaban J connectivity index is 1.66. The molecular formula is C18H26N2O4. The van der Waals surface area contributed by atoms with E-state index in [4.69, 9.17) is 5.11 Å². The van der Waals surface area contributed by atoms with Gasteiger partial charge in [-0.3, -0.25) is 4.79 Å². The highest BCUT2D eigenvalue weighted by molar-refractivity contribution is 5.74. The van der Waals surface area contributed by atoms with E-state index < -0.39 is 5.97 Å². The number of nitrogens with one attached hydrogen (secondary N) is 2. The molecule has 1 aromatic carbocycles. The van der Waals surface area contributed by atoms with Gasteiger partial charge in [0.15, 0.2) is 0 Å². The number of carbonyl (C=O) groups excluding carboxylic acids is 1. The topological polar surface area (TPSA) is 98.7 Å². The molecule has 0 aromatic heterocycles. The zero-order valence-electron chi connectivity index (χ0n) is 14.0. The quantitative estimate of drug-likeness (QED) is 0.643. The van der Waals surface area contributed by atoms with Crippen molar-refractivity contribution in [2.24, 2.45) is 5.92 Å². The summed E-state index contributed by atoms with van der Waals surface area (Å²) in [6, 6.07) is 6.99. The van der Waals surface area contributed by atoms with Gasteiger partial charge < -0.3 is 20.8 Å². The second-order valence-electron chi connectivity index (χ2n) is 6.61. The summed E-state index contributed by atoms with van der Waals surface area (Å²) in [4.78, 5) is 22.9. The van der Waals surface area contributed by atoms with Gasteiger partial charge in [-0.25, -0.2) is 4.79 Å². The average Bonchev–Trinajstić information content (AvgIpc) is 2.54. The summed E-state index contributed by atoms with van der Waals surface area (Å²) in [5, 5.41) is 24.1. The fourth-order valence-electron chi connectivity index (χ4n) is 3.05. The van der Waals surface area contributed by atoms with Gasteiger partial charge in [0.25, 0.3) is 0 Å². The lowest BCUT2D eigenvalue weighted by molar-refractivity contribution is -0.142. The number of urea groups is 1. The van der Waals surface area contributed by atoms with Crippen molar-refractivity contribution in [2.45, 2.75) is 57.5 Å². The molecule has 4 N–H and O–H groups in total. The van der Waals surface area contributed by atoms with Crippen molar-refractivity contribution in [3.63, 3.8) is 0 Å². The van der Waals surface area contributed by atoms with E-state index in [0.29, 0.717) is 25.7 Å². The van der Waals surface area contributed by atoms with Crippen molar-refractivity contribution < 1.29 is 19.8 Å². The third-order valence-corrected chi connectivity index (χ3v) is 4.59. The SMILES string of the molecule is CC(CCc1ccc(O)cc1)NC(=O)NC1CCC(C(=O)O)CC1. The lowest BCUT2D eigenvalue weighted by atomic mass is 9.86. The van der Waals surface area contributed by atoms with Crippen LogP contribution in [0.5, 0.6) is 5.75 Å². The molecule has 0 spiro atoms. The van der Waals surface area contributed by atoms with Crippen LogP contribution in [-0.4, -0.2) is 34.3 Å². The number of carboxylic acids is 1. The fraction of sp³-hybridized carbons (Fsp3) is 0.556. The normalized spacial score (nSPS) is 21.7. The summed E-state index contributed by atoms with van der Waals surface area (Å²) < 4.78 is 0. The van der Waals surface area contributed by atoms with Crippen molar-refractivity contribution in [3.05, 3.63) is 29.8 Å². The first-order chi connectivity index (χ1) is 11.4. The van der Waals surface area contributed by atoms with Crippen molar-refractivity contribution in [2.75, 3.05) is 0 Å². The minimum Gasteiger partial charge on any atom is -0.508 e. The predicted molar refractivity (Wildman–Crippen MR) is 90.9 cm³/mol. The van der Waals surface area contributed by atoms with Gasteiger partial charge >= 0.3 is 12.0 Å². The van der Waals surface area contributed by atoms with Gasteiger partial charge in [0, 0.05) is 12.1 Å². The number of hydrogen-bond acceptors (Lipinski definition) is 3. The Labute approximate surface area is 142 Å². The third-order valence-electron chi connectivity index (χ3n) is 4.59. The Hall–Kier alpha value is -2.24. The van der Waals surface area contributed by atoms with E-state index in [1.54, 1.807) is 12.1 Å². The number of aromatic hydroxyl groups is 1. The van der Waals surface area contributed by atoms with Gasteiger partial charge in [0.2, 0.25) is 0 Å². The lowest BCUT2D eigenvalue weighted by Gasteiger charge is -2.27. The first-order valence-electron chi connectivity index (χ1n) is 8.51. The van der Waals surface area contributed by atoms with E-state index in [9.17, 15) is 14.7 Å². The van der Waals surface area contributed by atoms with E-state index >= 15 is 0 Å². The summed E-state index contributed by atoms with van der Waals surface area (Å²) in [7, 11) is 0. The first kappa shape index (κ1) is 18.1. The molecule has 6 nitrogen and oxygen atoms in total. The van der Waals surface area contributed by atoms with Gasteiger partial charge in [-0.15, -0.1) is 0 Å². The molecule has 1 aliphatic rings. The number of phenols is 1. The summed E-state index contributed by atoms with van der Waals surface area (Å²) in [5.74, 6) is -0.752. The van der Waals surface area contributed by atoms with Crippen LogP contribution in [0.15, 0.2) is 24.3 Å². The van der Waals surface area contributed by atoms with E-state index in [1.807, 2.05) is 19.1 Å². The summed E-state index contributed by atoms with van der Waals surface area (Å²) >= 11 is 0. The maximum absolute atomic E-state index is 12.0. The number of phenolic OH excluding ortho intramolecular Hbond substituents is 1. The van der Waals surface area contributed by atoms with Crippen molar-refractivity contribution in [1.29, 1.82) is 0 Å². The molecule has 2 rings (SSSR count). The molecule has 1 saturated carbocycles. The third kappa shape index (κ3) is 5.76. The highest BCUT2D eigenvalue weighted by Gasteiger charge is 2.26. The molecule has 2 amide bonds. The number of aliphatic carboxylic acids is 1. The molecule has 0 saturated heterocycles. The molecule has 0 bridgehead atoms. The van der Waals surface area contributed by atoms with Crippen LogP contribution >= 0.6 is 0 Å². The second kappa shape index (κ2) is 8.57. The average molecular weight is 334 g/mol. The molecular weight excluding hydrogens is 308 g/mol. The highest BCUT2D eigenvalue weighted by Crippen LogP contribution is 2.24. The van der Waals surface area contributed by atoms with Gasteiger partial charge in [-0.2, -0.15) is 0 Å². The smallest absolute Gasteiger partial charge is 0.315 e. The van der Waals surface area contributed by atoms with Gasteiger partial charge in [-0.1, -0.05) is 12.1 Å². The van der Waals surface area contributed by atoms with Crippen LogP contribution in [-0.2, 0) is 11.2 Å². The Bertz CT molecular complexity index is 551. The molecule has 1 unspecified atom stereocenters. The molecule has 132 valence electrons. The molecule has 0 radical (unpaired) electrons. The molecule has 1 fully saturated rings. The number of rotatable bonds is 6. The maximum atomic E-state index is 12.0. The van der Waals surface area contributed by atoms with Crippen molar-refractivity contribution >= 4 is 12.0 Å². The van der Waals surface area contributed by atoms with Crippen LogP contribution in [0, 0.1) is 5.92 Å². The van der Waals surface area contributed by atoms with Crippen LogP contribution in [0.25, 0.3) is 0 Å². The van der Waals surface area contributed by atoms with E-state index in [1.165, 1.54) is 0 Å². The Morgan fingerprint density at radius 1 is 1.17 bits per heavy atom. The molecule has 0 heterocycles. The summed E-state index contributed by atoms with van der Waals surface area (Å²) in [6.07, 6.45) is 4.31. The molecule has 1 aliphatic carbocycles. The van der Waals surface area contributed by atoms with Crippen LogP contribution in [0.4, 0.5) is 4.79 Å². The summed E-state index contributed by atoms with van der Waals surface area (Å²) in [5.41, 5.74) is 1.12. The predicted octanol–water partition coefficient (Wildman–Crippen LogP) is 2.66. The number of carbonyl (C=O) groups is 2. The highest BCUT2D eigenvalue weighted by atomic mass is 16.4. The van der Waals surface area contributed by atoms with E-state index in [-0.39, 0.29) is 29.8 Å². The van der Waals surface area contributed by atoms with Crippen LogP contribution < -0.4 is 10.6 Å². The second-order valence-corrected chi connectivity index (χ2v) is 6.61. The lowest BCUT2D eigenvalue weighted by Crippen LogP contribution is -2.46. The zero-order chi connectivity index (χ0) is 17.5. The molecule has 24 heavy (non-hydrogen) atoms. The number of amides is 2. The van der Waals surface area contributed by atoms with Gasteiger partial charge in [-0.05, 0) is 63.1 Å². The Morgan fingerprint density at radius 3 is 2.38 bits per heavy atom. The number of hydrogen-bond donors (Lipinski definition) is 4. The summed E-state index contributed by atoms with van der Waals surface area (Å²) in [6.45, 7) is 1.96. The van der Waals surface area contributed by atoms with Gasteiger partial charge in [0.05, 0.1) is 5.92 Å². The molecule has 1 atom stereocenters. The monoisotopic (exact) mass is 334 g/mol. The van der Waals surface area contributed by atoms with Crippen LogP contribution in [0.2, 0.25) is 0 Å². The van der Waals surface area contributed by atoms with Crippen LogP contribution in [0.1, 0.15) is 44.6 Å². The van der Waals surface area contributed by atoms with Gasteiger partial charge in [0.1, 0.15) is 5.75 Å². The minimum atomic E-state index is -0.735. The van der Waals surface area contributed by atoms with E-state index in [2.05, 4.69) is 10.6 Å². The zero-order valence-corrected chi connectivity index (χ0v) is 14.0. The first-order valence-corrected chi connectivity index (χ1v) is 8.51. The molecule has 6 heteroatoms. The Kier molecular flexibility index (Phi) is 6.46. The maximum Gasteiger partial charge on any atom is 0.315 e.